The second-order valence-electron chi connectivity index (χ2n) is 5.91. The van der Waals surface area contributed by atoms with E-state index in [1.54, 1.807) is 29.0 Å². The van der Waals surface area contributed by atoms with Crippen LogP contribution in [0.15, 0.2) is 79.0 Å². The zero-order chi connectivity index (χ0) is 19.1. The number of carbonyl (C=O) groups excluding carboxylic acids is 2. The maximum atomic E-state index is 12.5. The lowest BCUT2D eigenvalue weighted by Crippen LogP contribution is -2.42. The van der Waals surface area contributed by atoms with Gasteiger partial charge in [0.25, 0.3) is 5.82 Å². The summed E-state index contributed by atoms with van der Waals surface area (Å²) >= 11 is 3.39. The average Bonchev–Trinajstić information content (AvgIpc) is 2.70. The number of nitrogens with one attached hydrogen (secondary N) is 2. The van der Waals surface area contributed by atoms with E-state index in [2.05, 4.69) is 26.6 Å². The van der Waals surface area contributed by atoms with Gasteiger partial charge >= 0.3 is 6.03 Å². The summed E-state index contributed by atoms with van der Waals surface area (Å²) in [6.07, 6.45) is 1.77. The van der Waals surface area contributed by atoms with Gasteiger partial charge in [0.1, 0.15) is 0 Å². The van der Waals surface area contributed by atoms with E-state index < -0.39 is 0 Å². The minimum Gasteiger partial charge on any atom is -0.290 e. The van der Waals surface area contributed by atoms with Crippen LogP contribution in [0.4, 0.5) is 16.3 Å². The lowest BCUT2D eigenvalue weighted by Gasteiger charge is -2.07. The maximum Gasteiger partial charge on any atom is 0.411 e. The Morgan fingerprint density at radius 1 is 0.852 bits per heavy atom. The number of pyridine rings is 1. The zero-order valence-corrected chi connectivity index (χ0v) is 16.1. The molecule has 5 nitrogen and oxygen atoms in total. The van der Waals surface area contributed by atoms with Crippen LogP contribution in [0.2, 0.25) is 0 Å². The fourth-order valence-corrected chi connectivity index (χ4v) is 2.93. The van der Waals surface area contributed by atoms with Crippen LogP contribution in [0.5, 0.6) is 0 Å². The second-order valence-corrected chi connectivity index (χ2v) is 6.47. The van der Waals surface area contributed by atoms with Crippen molar-refractivity contribution in [2.45, 2.75) is 11.9 Å². The molecule has 2 aromatic carbocycles. The smallest absolute Gasteiger partial charge is 0.290 e. The summed E-state index contributed by atoms with van der Waals surface area (Å²) < 4.78 is 1.71. The Hall–Kier alpha value is -2.99. The third kappa shape index (κ3) is 5.24. The standard InChI is InChI=1S/C21H18BrN3O2/c22-14-16-9-11-18(12-10-16)23-21(27)24-20-8-4-5-13-25(20)15-19(26)17-6-2-1-3-7-17/h1-13H,14-15H2,(H,23,27)/p+1. The number of Topliss-reactive ketones (excluding diaryl/α,β-unsaturated/α-hetero) is 1. The van der Waals surface area contributed by atoms with E-state index in [-0.39, 0.29) is 18.4 Å². The van der Waals surface area contributed by atoms with E-state index in [4.69, 9.17) is 0 Å². The average molecular weight is 425 g/mol. The van der Waals surface area contributed by atoms with Crippen molar-refractivity contribution in [1.82, 2.24) is 0 Å². The van der Waals surface area contributed by atoms with Gasteiger partial charge in [0.15, 0.2) is 6.54 Å². The number of hydrogen-bond acceptors (Lipinski definition) is 2. The number of ketones is 1. The highest BCUT2D eigenvalue weighted by Crippen LogP contribution is 2.12. The van der Waals surface area contributed by atoms with Crippen molar-refractivity contribution in [3.8, 4) is 0 Å². The molecule has 1 heterocycles. The summed E-state index contributed by atoms with van der Waals surface area (Å²) in [7, 11) is 0. The normalized spacial score (nSPS) is 10.3. The molecule has 136 valence electrons. The third-order valence-electron chi connectivity index (χ3n) is 3.96. The summed E-state index contributed by atoms with van der Waals surface area (Å²) in [5, 5.41) is 6.35. The number of hydrogen-bond donors (Lipinski definition) is 2. The van der Waals surface area contributed by atoms with E-state index >= 15 is 0 Å². The molecule has 3 rings (SSSR count). The van der Waals surface area contributed by atoms with E-state index in [1.807, 2.05) is 54.6 Å². The van der Waals surface area contributed by atoms with E-state index in [1.165, 1.54) is 0 Å². The number of benzene rings is 2. The van der Waals surface area contributed by atoms with Crippen molar-refractivity contribution < 1.29 is 14.2 Å². The molecule has 0 radical (unpaired) electrons. The molecule has 0 saturated carbocycles. The lowest BCUT2D eigenvalue weighted by molar-refractivity contribution is -0.668. The van der Waals surface area contributed by atoms with Gasteiger partial charge in [0, 0.05) is 22.6 Å². The highest BCUT2D eigenvalue weighted by molar-refractivity contribution is 9.08. The number of rotatable bonds is 6. The zero-order valence-electron chi connectivity index (χ0n) is 14.6. The molecule has 0 fully saturated rings. The van der Waals surface area contributed by atoms with E-state index in [9.17, 15) is 9.59 Å². The molecule has 2 N–H and O–H groups in total. The molecule has 1 aromatic heterocycles. The summed E-state index contributed by atoms with van der Waals surface area (Å²) in [5.41, 5.74) is 2.46. The predicted molar refractivity (Wildman–Crippen MR) is 109 cm³/mol. The van der Waals surface area contributed by atoms with Crippen molar-refractivity contribution in [2.75, 3.05) is 10.6 Å². The SMILES string of the molecule is O=C(Nc1ccc(CBr)cc1)Nc1cccc[n+]1CC(=O)c1ccccc1. The van der Waals surface area contributed by atoms with Crippen molar-refractivity contribution in [1.29, 1.82) is 0 Å². The quantitative estimate of drug-likeness (QED) is 0.350. The first-order valence-electron chi connectivity index (χ1n) is 8.45. The summed E-state index contributed by atoms with van der Waals surface area (Å²) in [5.74, 6) is 0.511. The number of alkyl halides is 1. The molecule has 0 aliphatic heterocycles. The Labute approximate surface area is 166 Å². The number of amides is 2. The minimum absolute atomic E-state index is 0.0272. The summed E-state index contributed by atoms with van der Waals surface area (Å²) in [4.78, 5) is 24.8. The van der Waals surface area contributed by atoms with Gasteiger partial charge in [-0.3, -0.25) is 10.1 Å². The van der Waals surface area contributed by atoms with Crippen molar-refractivity contribution >= 4 is 39.2 Å². The number of carbonyl (C=O) groups is 2. The van der Waals surface area contributed by atoms with Gasteiger partial charge in [-0.05, 0) is 23.8 Å². The van der Waals surface area contributed by atoms with Gasteiger partial charge in [-0.25, -0.2) is 9.36 Å². The summed E-state index contributed by atoms with van der Waals surface area (Å²) in [6.45, 7) is 0.139. The van der Waals surface area contributed by atoms with Gasteiger partial charge < -0.3 is 0 Å². The minimum atomic E-state index is -0.367. The molecule has 0 bridgehead atoms. The topological polar surface area (TPSA) is 62.1 Å². The fourth-order valence-electron chi connectivity index (χ4n) is 2.55. The molecular formula is C21H19BrN3O2+. The van der Waals surface area contributed by atoms with Crippen LogP contribution in [0.3, 0.4) is 0 Å². The molecule has 0 aliphatic carbocycles. The third-order valence-corrected chi connectivity index (χ3v) is 4.61. The summed E-state index contributed by atoms with van der Waals surface area (Å²) in [6, 6.07) is 21.7. The van der Waals surface area contributed by atoms with Crippen LogP contribution in [0, 0.1) is 0 Å². The first-order valence-corrected chi connectivity index (χ1v) is 9.57. The molecule has 0 aliphatic rings. The molecule has 0 unspecified atom stereocenters. The largest absolute Gasteiger partial charge is 0.411 e. The Bertz CT molecular complexity index is 928. The number of nitrogens with zero attached hydrogens (tertiary/aromatic N) is 1. The molecule has 27 heavy (non-hydrogen) atoms. The Kier molecular flexibility index (Phi) is 6.33. The molecule has 0 spiro atoms. The monoisotopic (exact) mass is 424 g/mol. The van der Waals surface area contributed by atoms with Gasteiger partial charge in [-0.2, -0.15) is 5.32 Å². The molecule has 0 atom stereocenters. The number of halogens is 1. The molecule has 6 heteroatoms. The van der Waals surface area contributed by atoms with Gasteiger partial charge in [-0.15, -0.1) is 0 Å². The second kappa shape index (κ2) is 9.09. The van der Waals surface area contributed by atoms with Gasteiger partial charge in [-0.1, -0.05) is 64.5 Å². The van der Waals surface area contributed by atoms with Crippen molar-refractivity contribution in [2.24, 2.45) is 0 Å². The first kappa shape index (κ1) is 18.8. The van der Waals surface area contributed by atoms with E-state index in [0.29, 0.717) is 17.1 Å². The first-order chi connectivity index (χ1) is 13.2. The van der Waals surface area contributed by atoms with E-state index in [0.717, 1.165) is 10.9 Å². The Morgan fingerprint density at radius 3 is 2.26 bits per heavy atom. The van der Waals surface area contributed by atoms with Crippen molar-refractivity contribution in [3.05, 3.63) is 90.1 Å². The highest BCUT2D eigenvalue weighted by Gasteiger charge is 2.17. The Morgan fingerprint density at radius 2 is 1.56 bits per heavy atom. The number of urea groups is 1. The lowest BCUT2D eigenvalue weighted by atomic mass is 10.1. The van der Waals surface area contributed by atoms with Crippen LogP contribution in [-0.4, -0.2) is 11.8 Å². The number of aromatic nitrogens is 1. The van der Waals surface area contributed by atoms with Crippen LogP contribution >= 0.6 is 15.9 Å². The fraction of sp³-hybridized carbons (Fsp3) is 0.0952. The Balaban J connectivity index is 1.68. The highest BCUT2D eigenvalue weighted by atomic mass is 79.9. The predicted octanol–water partition coefficient (Wildman–Crippen LogP) is 4.40. The van der Waals surface area contributed by atoms with Crippen molar-refractivity contribution in [3.63, 3.8) is 0 Å². The molecule has 3 aromatic rings. The van der Waals surface area contributed by atoms with Gasteiger partial charge in [0.05, 0.1) is 6.20 Å². The van der Waals surface area contributed by atoms with Crippen LogP contribution < -0.4 is 15.2 Å². The maximum absolute atomic E-state index is 12.5. The van der Waals surface area contributed by atoms with Gasteiger partial charge in [0.2, 0.25) is 5.78 Å². The molecular weight excluding hydrogens is 406 g/mol. The van der Waals surface area contributed by atoms with Crippen LogP contribution in [0.25, 0.3) is 0 Å². The van der Waals surface area contributed by atoms with Crippen LogP contribution in [-0.2, 0) is 11.9 Å². The molecule has 2 amide bonds. The van der Waals surface area contributed by atoms with Crippen LogP contribution in [0.1, 0.15) is 15.9 Å². The number of anilines is 2. The molecule has 0 saturated heterocycles.